The fraction of sp³-hybridized carbons (Fsp3) is 0.375. The molecular formula is C16H20N4O5. The molecular weight excluding hydrogens is 328 g/mol. The highest BCUT2D eigenvalue weighted by molar-refractivity contribution is 5.94. The van der Waals surface area contributed by atoms with Gasteiger partial charge in [-0.2, -0.15) is 10.3 Å². The Kier molecular flexibility index (Phi) is 6.33. The maximum absolute atomic E-state index is 11.9. The first-order valence-electron chi connectivity index (χ1n) is 7.70. The summed E-state index contributed by atoms with van der Waals surface area (Å²) in [6.07, 6.45) is 0. The Balaban J connectivity index is 2.17. The second-order valence-corrected chi connectivity index (χ2v) is 4.94. The number of carbonyl (C=O) groups is 2. The third-order valence-electron chi connectivity index (χ3n) is 3.19. The van der Waals surface area contributed by atoms with Crippen LogP contribution in [0.2, 0.25) is 0 Å². The number of ether oxygens (including phenoxy) is 3. The zero-order valence-corrected chi connectivity index (χ0v) is 14.3. The Morgan fingerprint density at radius 1 is 1.24 bits per heavy atom. The van der Waals surface area contributed by atoms with Gasteiger partial charge in [0, 0.05) is 12.5 Å². The molecule has 1 aromatic carbocycles. The van der Waals surface area contributed by atoms with Crippen molar-refractivity contribution in [1.29, 1.82) is 0 Å². The van der Waals surface area contributed by atoms with Gasteiger partial charge in [-0.15, -0.1) is 5.10 Å². The van der Waals surface area contributed by atoms with E-state index in [4.69, 9.17) is 14.2 Å². The first kappa shape index (κ1) is 18.2. The first-order valence-corrected chi connectivity index (χ1v) is 7.70. The molecule has 0 radical (unpaired) electrons. The molecule has 0 spiro atoms. The Labute approximate surface area is 144 Å². The number of nitrogens with one attached hydrogen (secondary N) is 2. The van der Waals surface area contributed by atoms with Crippen molar-refractivity contribution in [2.45, 2.75) is 13.8 Å². The summed E-state index contributed by atoms with van der Waals surface area (Å²) in [4.78, 5) is 22.8. The highest BCUT2D eigenvalue weighted by Crippen LogP contribution is 2.32. The van der Waals surface area contributed by atoms with E-state index in [2.05, 4.69) is 20.7 Å². The number of esters is 1. The van der Waals surface area contributed by atoms with Crippen LogP contribution in [0.25, 0.3) is 11.3 Å². The van der Waals surface area contributed by atoms with Crippen LogP contribution in [0.15, 0.2) is 18.2 Å². The molecule has 0 aliphatic heterocycles. The number of rotatable bonds is 8. The Morgan fingerprint density at radius 2 is 2.04 bits per heavy atom. The smallest absolute Gasteiger partial charge is 0.361 e. The van der Waals surface area contributed by atoms with Gasteiger partial charge in [-0.05, 0) is 25.1 Å². The summed E-state index contributed by atoms with van der Waals surface area (Å²) in [5, 5.41) is 12.9. The predicted molar refractivity (Wildman–Crippen MR) is 88.5 cm³/mol. The van der Waals surface area contributed by atoms with E-state index in [1.54, 1.807) is 25.1 Å². The van der Waals surface area contributed by atoms with Gasteiger partial charge >= 0.3 is 5.97 Å². The largest absolute Gasteiger partial charge is 0.493 e. The molecule has 25 heavy (non-hydrogen) atoms. The third-order valence-corrected chi connectivity index (χ3v) is 3.19. The molecule has 1 heterocycles. The van der Waals surface area contributed by atoms with Crippen LogP contribution < -0.4 is 14.8 Å². The summed E-state index contributed by atoms with van der Waals surface area (Å²) in [7, 11) is 1.51. The first-order chi connectivity index (χ1) is 12.1. The highest BCUT2D eigenvalue weighted by Gasteiger charge is 2.20. The normalized spacial score (nSPS) is 10.2. The number of H-pyrrole nitrogens is 1. The fourth-order valence-electron chi connectivity index (χ4n) is 2.10. The molecule has 2 aromatic rings. The molecule has 0 aliphatic rings. The summed E-state index contributed by atoms with van der Waals surface area (Å²) < 4.78 is 15.9. The van der Waals surface area contributed by atoms with Crippen LogP contribution in [0.1, 0.15) is 24.3 Å². The standard InChI is InChI=1S/C16H20N4O5/c1-4-24-16(22)15-14(18-20-19-15)11-5-6-12(13(9-11)23-3)25-8-7-17-10(2)21/h5-6,9H,4,7-8H2,1-3H3,(H,17,21)(H,18,19,20). The topological polar surface area (TPSA) is 115 Å². The number of hydrogen-bond acceptors (Lipinski definition) is 7. The zero-order valence-electron chi connectivity index (χ0n) is 14.3. The lowest BCUT2D eigenvalue weighted by molar-refractivity contribution is -0.119. The predicted octanol–water partition coefficient (Wildman–Crippen LogP) is 1.17. The SMILES string of the molecule is CCOC(=O)c1n[nH]nc1-c1ccc(OCCNC(C)=O)c(OC)c1. The van der Waals surface area contributed by atoms with Gasteiger partial charge in [-0.25, -0.2) is 4.79 Å². The van der Waals surface area contributed by atoms with E-state index in [-0.39, 0.29) is 18.2 Å². The molecule has 0 atom stereocenters. The van der Waals surface area contributed by atoms with E-state index in [0.29, 0.717) is 35.9 Å². The minimum Gasteiger partial charge on any atom is -0.493 e. The Bertz CT molecular complexity index is 744. The quantitative estimate of drug-likeness (QED) is 0.543. The van der Waals surface area contributed by atoms with Gasteiger partial charge in [0.1, 0.15) is 12.3 Å². The molecule has 0 saturated heterocycles. The maximum Gasteiger partial charge on any atom is 0.361 e. The lowest BCUT2D eigenvalue weighted by Gasteiger charge is -2.12. The number of benzene rings is 1. The van der Waals surface area contributed by atoms with Crippen LogP contribution >= 0.6 is 0 Å². The second-order valence-electron chi connectivity index (χ2n) is 4.94. The molecule has 0 bridgehead atoms. The van der Waals surface area contributed by atoms with Crippen LogP contribution in [0.3, 0.4) is 0 Å². The van der Waals surface area contributed by atoms with Crippen LogP contribution in [-0.2, 0) is 9.53 Å². The van der Waals surface area contributed by atoms with Gasteiger partial charge in [0.05, 0.1) is 20.3 Å². The summed E-state index contributed by atoms with van der Waals surface area (Å²) in [6, 6.07) is 5.12. The van der Waals surface area contributed by atoms with Crippen molar-refractivity contribution in [2.75, 3.05) is 26.9 Å². The van der Waals surface area contributed by atoms with Gasteiger partial charge in [0.15, 0.2) is 17.2 Å². The Hall–Kier alpha value is -3.10. The monoisotopic (exact) mass is 348 g/mol. The number of aromatic amines is 1. The van der Waals surface area contributed by atoms with Crippen molar-refractivity contribution in [1.82, 2.24) is 20.7 Å². The van der Waals surface area contributed by atoms with E-state index < -0.39 is 5.97 Å². The summed E-state index contributed by atoms with van der Waals surface area (Å²) in [5.74, 6) is 0.306. The summed E-state index contributed by atoms with van der Waals surface area (Å²) >= 11 is 0. The van der Waals surface area contributed by atoms with Crippen molar-refractivity contribution >= 4 is 11.9 Å². The number of aromatic nitrogens is 3. The average molecular weight is 348 g/mol. The Morgan fingerprint density at radius 3 is 2.72 bits per heavy atom. The van der Waals surface area contributed by atoms with E-state index in [0.717, 1.165) is 0 Å². The lowest BCUT2D eigenvalue weighted by Crippen LogP contribution is -2.25. The van der Waals surface area contributed by atoms with Gasteiger partial charge in [0.2, 0.25) is 5.91 Å². The molecule has 9 heteroatoms. The van der Waals surface area contributed by atoms with E-state index in [1.807, 2.05) is 0 Å². The highest BCUT2D eigenvalue weighted by atomic mass is 16.5. The van der Waals surface area contributed by atoms with Crippen LogP contribution in [0.4, 0.5) is 0 Å². The molecule has 1 aromatic heterocycles. The zero-order chi connectivity index (χ0) is 18.2. The van der Waals surface area contributed by atoms with Gasteiger partial charge in [-0.1, -0.05) is 0 Å². The molecule has 0 fully saturated rings. The van der Waals surface area contributed by atoms with Crippen molar-refractivity contribution in [2.24, 2.45) is 0 Å². The van der Waals surface area contributed by atoms with E-state index in [9.17, 15) is 9.59 Å². The lowest BCUT2D eigenvalue weighted by atomic mass is 10.1. The molecule has 9 nitrogen and oxygen atoms in total. The van der Waals surface area contributed by atoms with Crippen LogP contribution in [0, 0.1) is 0 Å². The molecule has 134 valence electrons. The van der Waals surface area contributed by atoms with Gasteiger partial charge in [0.25, 0.3) is 0 Å². The number of nitrogens with zero attached hydrogens (tertiary/aromatic N) is 2. The number of hydrogen-bond donors (Lipinski definition) is 2. The fourth-order valence-corrected chi connectivity index (χ4v) is 2.10. The molecule has 2 N–H and O–H groups in total. The summed E-state index contributed by atoms with van der Waals surface area (Å²) in [6.45, 7) is 4.08. The van der Waals surface area contributed by atoms with Crippen molar-refractivity contribution in [3.8, 4) is 22.8 Å². The molecule has 0 saturated carbocycles. The maximum atomic E-state index is 11.9. The van der Waals surface area contributed by atoms with Crippen molar-refractivity contribution < 1.29 is 23.8 Å². The van der Waals surface area contributed by atoms with Crippen molar-refractivity contribution in [3.05, 3.63) is 23.9 Å². The average Bonchev–Trinajstić information content (AvgIpc) is 3.08. The van der Waals surface area contributed by atoms with Gasteiger partial charge < -0.3 is 19.5 Å². The molecule has 2 rings (SSSR count). The van der Waals surface area contributed by atoms with Crippen molar-refractivity contribution in [3.63, 3.8) is 0 Å². The van der Waals surface area contributed by atoms with E-state index in [1.165, 1.54) is 14.0 Å². The minimum absolute atomic E-state index is 0.100. The second kappa shape index (κ2) is 8.67. The number of amides is 1. The number of carbonyl (C=O) groups excluding carboxylic acids is 2. The summed E-state index contributed by atoms with van der Waals surface area (Å²) in [5.41, 5.74) is 1.09. The van der Waals surface area contributed by atoms with Crippen LogP contribution in [0.5, 0.6) is 11.5 Å². The molecule has 0 aliphatic carbocycles. The molecule has 1 amide bonds. The van der Waals surface area contributed by atoms with Gasteiger partial charge in [-0.3, -0.25) is 4.79 Å². The third kappa shape index (κ3) is 4.69. The molecule has 0 unspecified atom stereocenters. The number of methoxy groups -OCH3 is 1. The van der Waals surface area contributed by atoms with E-state index >= 15 is 0 Å². The van der Waals surface area contributed by atoms with Crippen LogP contribution in [-0.4, -0.2) is 54.2 Å². The minimum atomic E-state index is -0.555.